The van der Waals surface area contributed by atoms with Gasteiger partial charge in [-0.05, 0) is 30.0 Å². The van der Waals surface area contributed by atoms with Gasteiger partial charge in [0.15, 0.2) is 5.82 Å². The fraction of sp³-hybridized carbons (Fsp3) is 0.286. The smallest absolute Gasteiger partial charge is 0.361 e. The van der Waals surface area contributed by atoms with Gasteiger partial charge in [-0.3, -0.25) is 0 Å². The summed E-state index contributed by atoms with van der Waals surface area (Å²) in [7, 11) is 1.34. The minimum atomic E-state index is -1.87. The zero-order valence-corrected chi connectivity index (χ0v) is 18.0. The molecule has 1 aliphatic heterocycles. The molecule has 5 rings (SSSR count). The average Bonchev–Trinajstić information content (AvgIpc) is 3.20. The number of benzene rings is 1. The molecule has 0 saturated heterocycles. The fourth-order valence-electron chi connectivity index (χ4n) is 3.89. The van der Waals surface area contributed by atoms with Gasteiger partial charge in [-0.1, -0.05) is 12.1 Å². The lowest BCUT2D eigenvalue weighted by molar-refractivity contribution is 0.224. The maximum absolute atomic E-state index is 14.9. The van der Waals surface area contributed by atoms with Crippen LogP contribution >= 0.6 is 0 Å². The number of nitrogens with zero attached hydrogens (tertiary/aromatic N) is 3. The maximum atomic E-state index is 14.9. The second kappa shape index (κ2) is 8.32. The van der Waals surface area contributed by atoms with E-state index in [2.05, 4.69) is 20.1 Å². The molecular weight excluding hydrogens is 437 g/mol. The standard InChI is InChI=1S/C21H20FN5O4S/c1-30-19-17(22)14(7-8-23-19)15-6-4-12-3-5-13(12)18(15)25-21(28)26-32(29)16-11-24-27-9-2-10-31-20(16)27/h4,6-8,11H,2-3,5,9-10H2,1H3,(H2,25,26,28). The summed E-state index contributed by atoms with van der Waals surface area (Å²) in [4.78, 5) is 16.9. The molecule has 2 amide bonds. The zero-order chi connectivity index (χ0) is 22.2. The Hall–Kier alpha value is -3.31. The molecule has 0 saturated carbocycles. The van der Waals surface area contributed by atoms with Crippen LogP contribution in [0.4, 0.5) is 14.9 Å². The van der Waals surface area contributed by atoms with Crippen molar-refractivity contribution in [3.05, 3.63) is 47.5 Å². The van der Waals surface area contributed by atoms with Gasteiger partial charge in [-0.15, -0.1) is 4.72 Å². The molecule has 3 aromatic rings. The van der Waals surface area contributed by atoms with E-state index in [1.54, 1.807) is 10.7 Å². The van der Waals surface area contributed by atoms with E-state index in [0.29, 0.717) is 35.2 Å². The number of halogens is 1. The van der Waals surface area contributed by atoms with Crippen molar-refractivity contribution in [3.63, 3.8) is 0 Å². The number of aromatic nitrogens is 3. The number of methoxy groups -OCH3 is 1. The number of rotatable bonds is 5. The summed E-state index contributed by atoms with van der Waals surface area (Å²) in [5, 5.41) is 6.92. The summed E-state index contributed by atoms with van der Waals surface area (Å²) in [5.74, 6) is -0.358. The fourth-order valence-corrected chi connectivity index (χ4v) is 4.68. The quantitative estimate of drug-likeness (QED) is 0.570. The molecule has 3 heterocycles. The number of amides is 2. The molecule has 2 N–H and O–H groups in total. The monoisotopic (exact) mass is 457 g/mol. The van der Waals surface area contributed by atoms with Gasteiger partial charge in [-0.25, -0.2) is 18.9 Å². The third kappa shape index (κ3) is 3.53. The van der Waals surface area contributed by atoms with Crippen molar-refractivity contribution in [3.8, 4) is 22.9 Å². The number of carbonyl (C=O) groups is 1. The van der Waals surface area contributed by atoms with Crippen molar-refractivity contribution in [1.29, 1.82) is 0 Å². The largest absolute Gasteiger partial charge is 0.588 e. The van der Waals surface area contributed by atoms with Crippen LogP contribution in [0.2, 0.25) is 0 Å². The molecule has 1 aliphatic carbocycles. The number of hydrogen-bond acceptors (Lipinski definition) is 6. The van der Waals surface area contributed by atoms with Crippen molar-refractivity contribution >= 4 is 23.1 Å². The molecule has 0 bridgehead atoms. The van der Waals surface area contributed by atoms with E-state index >= 15 is 0 Å². The molecule has 166 valence electrons. The highest BCUT2D eigenvalue weighted by Crippen LogP contribution is 2.40. The molecule has 0 fully saturated rings. The van der Waals surface area contributed by atoms with Crippen molar-refractivity contribution in [2.45, 2.75) is 30.7 Å². The van der Waals surface area contributed by atoms with E-state index < -0.39 is 23.2 Å². The van der Waals surface area contributed by atoms with Crippen molar-refractivity contribution < 1.29 is 23.2 Å². The first-order valence-corrected chi connectivity index (χ1v) is 11.2. The second-order valence-electron chi connectivity index (χ2n) is 7.37. The number of pyridine rings is 1. The highest BCUT2D eigenvalue weighted by molar-refractivity contribution is 7.90. The lowest BCUT2D eigenvalue weighted by Crippen LogP contribution is -2.35. The number of fused-ring (bicyclic) bond motifs is 2. The summed E-state index contributed by atoms with van der Waals surface area (Å²) in [6.07, 6.45) is 5.30. The van der Waals surface area contributed by atoms with Crippen molar-refractivity contribution in [1.82, 2.24) is 19.5 Å². The lowest BCUT2D eigenvalue weighted by atomic mass is 9.84. The summed E-state index contributed by atoms with van der Waals surface area (Å²) >= 11 is -1.87. The Kier molecular flexibility index (Phi) is 5.35. The SMILES string of the molecule is COc1nccc(-c2ccc3c(c2NC(=O)N[S+]([O-])c2cnn4c2OCCC4)CC3)c1F. The van der Waals surface area contributed by atoms with Gasteiger partial charge >= 0.3 is 6.03 Å². The zero-order valence-electron chi connectivity index (χ0n) is 17.2. The summed E-state index contributed by atoms with van der Waals surface area (Å²) in [5.41, 5.74) is 3.22. The van der Waals surface area contributed by atoms with Crippen LogP contribution in [-0.2, 0) is 30.7 Å². The molecule has 2 aromatic heterocycles. The lowest BCUT2D eigenvalue weighted by Gasteiger charge is -2.25. The average molecular weight is 457 g/mol. The van der Waals surface area contributed by atoms with Gasteiger partial charge in [0.25, 0.3) is 16.7 Å². The van der Waals surface area contributed by atoms with Crippen LogP contribution in [0.3, 0.4) is 0 Å². The number of urea groups is 1. The first-order chi connectivity index (χ1) is 15.6. The van der Waals surface area contributed by atoms with Crippen LogP contribution in [0.1, 0.15) is 17.5 Å². The minimum absolute atomic E-state index is 0.132. The highest BCUT2D eigenvalue weighted by Gasteiger charge is 2.29. The van der Waals surface area contributed by atoms with Gasteiger partial charge in [0.1, 0.15) is 17.6 Å². The predicted octanol–water partition coefficient (Wildman–Crippen LogP) is 2.82. The van der Waals surface area contributed by atoms with Gasteiger partial charge in [-0.2, -0.15) is 5.10 Å². The molecule has 1 unspecified atom stereocenters. The Bertz CT molecular complexity index is 1200. The normalized spacial score (nSPS) is 15.0. The Balaban J connectivity index is 1.42. The summed E-state index contributed by atoms with van der Waals surface area (Å²) < 4.78 is 42.2. The topological polar surface area (TPSA) is 113 Å². The maximum Gasteiger partial charge on any atom is 0.361 e. The molecule has 1 atom stereocenters. The highest BCUT2D eigenvalue weighted by atomic mass is 32.2. The molecule has 32 heavy (non-hydrogen) atoms. The predicted molar refractivity (Wildman–Crippen MR) is 114 cm³/mol. The van der Waals surface area contributed by atoms with Gasteiger partial charge in [0.2, 0.25) is 0 Å². The molecule has 11 heteroatoms. The number of aryl methyl sites for hydroxylation is 2. The number of hydrogen-bond donors (Lipinski definition) is 2. The minimum Gasteiger partial charge on any atom is -0.588 e. The summed E-state index contributed by atoms with van der Waals surface area (Å²) in [6.45, 7) is 1.17. The molecule has 0 radical (unpaired) electrons. The second-order valence-corrected chi connectivity index (χ2v) is 8.55. The van der Waals surface area contributed by atoms with Crippen LogP contribution < -0.4 is 19.5 Å². The van der Waals surface area contributed by atoms with Crippen LogP contribution in [0.5, 0.6) is 11.8 Å². The Morgan fingerprint density at radius 1 is 1.31 bits per heavy atom. The van der Waals surface area contributed by atoms with E-state index in [1.807, 2.05) is 6.07 Å². The van der Waals surface area contributed by atoms with Gasteiger partial charge in [0.05, 0.1) is 19.4 Å². The molecule has 0 spiro atoms. The number of nitrogens with one attached hydrogen (secondary N) is 2. The summed E-state index contributed by atoms with van der Waals surface area (Å²) in [6, 6.07) is 4.51. The third-order valence-corrected chi connectivity index (χ3v) is 6.58. The first-order valence-electron chi connectivity index (χ1n) is 10.1. The number of ether oxygens (including phenoxy) is 2. The third-order valence-electron chi connectivity index (χ3n) is 5.53. The van der Waals surface area contributed by atoms with Crippen LogP contribution in [0.15, 0.2) is 35.5 Å². The Morgan fingerprint density at radius 3 is 2.97 bits per heavy atom. The van der Waals surface area contributed by atoms with Gasteiger partial charge < -0.3 is 19.3 Å². The molecule has 2 aliphatic rings. The number of anilines is 1. The molecule has 9 nitrogen and oxygen atoms in total. The van der Waals surface area contributed by atoms with Crippen molar-refractivity contribution in [2.75, 3.05) is 19.0 Å². The van der Waals surface area contributed by atoms with Crippen LogP contribution in [0.25, 0.3) is 11.1 Å². The molecular formula is C21H20FN5O4S. The molecule has 1 aromatic carbocycles. The van der Waals surface area contributed by atoms with E-state index in [-0.39, 0.29) is 11.4 Å². The van der Waals surface area contributed by atoms with Crippen LogP contribution in [0, 0.1) is 5.82 Å². The first kappa shape index (κ1) is 20.6. The van der Waals surface area contributed by atoms with Crippen LogP contribution in [-0.4, -0.2) is 39.1 Å². The number of carbonyl (C=O) groups excluding carboxylic acids is 1. The van der Waals surface area contributed by atoms with E-state index in [9.17, 15) is 13.7 Å². The van der Waals surface area contributed by atoms with Gasteiger partial charge in [0, 0.05) is 30.3 Å². The van der Waals surface area contributed by atoms with Crippen molar-refractivity contribution in [2.24, 2.45) is 0 Å². The van der Waals surface area contributed by atoms with E-state index in [4.69, 9.17) is 9.47 Å². The Labute approximate surface area is 186 Å². The van der Waals surface area contributed by atoms with E-state index in [0.717, 1.165) is 30.4 Å². The Morgan fingerprint density at radius 2 is 2.19 bits per heavy atom. The van der Waals surface area contributed by atoms with E-state index in [1.165, 1.54) is 25.6 Å².